The van der Waals surface area contributed by atoms with E-state index in [1.807, 2.05) is 0 Å². The maximum Gasteiger partial charge on any atom is 0.303 e. The standard InChI is InChI=1S/C10H21NO2/c1-4-9(3)11-7-8(2)5-6-10(12)13/h8-9,11H,4-7H2,1-3H3,(H,12,13). The predicted molar refractivity (Wildman–Crippen MR) is 53.8 cm³/mol. The zero-order valence-corrected chi connectivity index (χ0v) is 8.84. The van der Waals surface area contributed by atoms with Crippen molar-refractivity contribution in [3.63, 3.8) is 0 Å². The van der Waals surface area contributed by atoms with Gasteiger partial charge in [0.1, 0.15) is 0 Å². The first-order chi connectivity index (χ1) is 6.06. The molecule has 13 heavy (non-hydrogen) atoms. The van der Waals surface area contributed by atoms with Crippen molar-refractivity contribution in [2.75, 3.05) is 6.54 Å². The first-order valence-corrected chi connectivity index (χ1v) is 5.01. The summed E-state index contributed by atoms with van der Waals surface area (Å²) in [7, 11) is 0. The van der Waals surface area contributed by atoms with Crippen molar-refractivity contribution in [2.24, 2.45) is 5.92 Å². The Kier molecular flexibility index (Phi) is 6.59. The van der Waals surface area contributed by atoms with Gasteiger partial charge in [-0.2, -0.15) is 0 Å². The van der Waals surface area contributed by atoms with E-state index < -0.39 is 5.97 Å². The Morgan fingerprint density at radius 3 is 2.54 bits per heavy atom. The maximum absolute atomic E-state index is 10.3. The fraction of sp³-hybridized carbons (Fsp3) is 0.900. The zero-order valence-electron chi connectivity index (χ0n) is 8.84. The molecule has 2 atom stereocenters. The number of hydrogen-bond donors (Lipinski definition) is 2. The average molecular weight is 187 g/mol. The molecule has 0 aromatic carbocycles. The van der Waals surface area contributed by atoms with Gasteiger partial charge in [0.25, 0.3) is 0 Å². The lowest BCUT2D eigenvalue weighted by Crippen LogP contribution is -2.29. The monoisotopic (exact) mass is 187 g/mol. The number of carboxylic acid groups (broad SMARTS) is 1. The highest BCUT2D eigenvalue weighted by Gasteiger charge is 2.06. The molecule has 0 rings (SSSR count). The highest BCUT2D eigenvalue weighted by molar-refractivity contribution is 5.66. The Morgan fingerprint density at radius 1 is 1.46 bits per heavy atom. The van der Waals surface area contributed by atoms with Crippen LogP contribution in [0.4, 0.5) is 0 Å². The number of carboxylic acids is 1. The van der Waals surface area contributed by atoms with Gasteiger partial charge in [-0.3, -0.25) is 4.79 Å². The van der Waals surface area contributed by atoms with Crippen LogP contribution in [-0.4, -0.2) is 23.7 Å². The van der Waals surface area contributed by atoms with Crippen LogP contribution >= 0.6 is 0 Å². The van der Waals surface area contributed by atoms with Crippen molar-refractivity contribution in [1.82, 2.24) is 5.32 Å². The van der Waals surface area contributed by atoms with Gasteiger partial charge in [-0.1, -0.05) is 13.8 Å². The van der Waals surface area contributed by atoms with E-state index in [4.69, 9.17) is 5.11 Å². The largest absolute Gasteiger partial charge is 0.481 e. The Morgan fingerprint density at radius 2 is 2.08 bits per heavy atom. The van der Waals surface area contributed by atoms with Gasteiger partial charge in [-0.05, 0) is 32.2 Å². The number of rotatable bonds is 7. The fourth-order valence-electron chi connectivity index (χ4n) is 1.02. The fourth-order valence-corrected chi connectivity index (χ4v) is 1.02. The summed E-state index contributed by atoms with van der Waals surface area (Å²) in [6.45, 7) is 7.28. The van der Waals surface area contributed by atoms with Crippen LogP contribution in [0.25, 0.3) is 0 Å². The van der Waals surface area contributed by atoms with Crippen LogP contribution in [0.2, 0.25) is 0 Å². The number of hydrogen-bond acceptors (Lipinski definition) is 2. The van der Waals surface area contributed by atoms with Crippen LogP contribution in [0, 0.1) is 5.92 Å². The van der Waals surface area contributed by atoms with Gasteiger partial charge in [-0.15, -0.1) is 0 Å². The first kappa shape index (κ1) is 12.4. The molecule has 0 bridgehead atoms. The van der Waals surface area contributed by atoms with Crippen LogP contribution in [0.15, 0.2) is 0 Å². The average Bonchev–Trinajstić information content (AvgIpc) is 2.10. The second-order valence-corrected chi connectivity index (χ2v) is 3.76. The van der Waals surface area contributed by atoms with E-state index in [2.05, 4.69) is 26.1 Å². The molecule has 0 aliphatic heterocycles. The van der Waals surface area contributed by atoms with E-state index in [1.165, 1.54) is 0 Å². The molecule has 3 heteroatoms. The van der Waals surface area contributed by atoms with Gasteiger partial charge >= 0.3 is 5.97 Å². The highest BCUT2D eigenvalue weighted by atomic mass is 16.4. The van der Waals surface area contributed by atoms with Gasteiger partial charge in [0.2, 0.25) is 0 Å². The molecule has 2 unspecified atom stereocenters. The minimum Gasteiger partial charge on any atom is -0.481 e. The van der Waals surface area contributed by atoms with Crippen LogP contribution in [0.5, 0.6) is 0 Å². The summed E-state index contributed by atoms with van der Waals surface area (Å²) in [4.78, 5) is 10.3. The molecule has 0 saturated heterocycles. The molecule has 0 amide bonds. The molecule has 0 aliphatic carbocycles. The lowest BCUT2D eigenvalue weighted by molar-refractivity contribution is -0.137. The van der Waals surface area contributed by atoms with E-state index in [0.29, 0.717) is 12.0 Å². The van der Waals surface area contributed by atoms with Gasteiger partial charge in [0, 0.05) is 12.5 Å². The van der Waals surface area contributed by atoms with Crippen LogP contribution < -0.4 is 5.32 Å². The Labute approximate surface area is 80.5 Å². The van der Waals surface area contributed by atoms with Gasteiger partial charge in [-0.25, -0.2) is 0 Å². The van der Waals surface area contributed by atoms with Crippen molar-refractivity contribution in [1.29, 1.82) is 0 Å². The summed E-state index contributed by atoms with van der Waals surface area (Å²) >= 11 is 0. The molecular formula is C10H21NO2. The lowest BCUT2D eigenvalue weighted by Gasteiger charge is -2.15. The Hall–Kier alpha value is -0.570. The van der Waals surface area contributed by atoms with Crippen molar-refractivity contribution in [3.05, 3.63) is 0 Å². The molecule has 0 aromatic rings. The molecule has 0 saturated carbocycles. The molecule has 0 radical (unpaired) electrons. The van der Waals surface area contributed by atoms with Crippen LogP contribution in [-0.2, 0) is 4.79 Å². The lowest BCUT2D eigenvalue weighted by atomic mass is 10.1. The summed E-state index contributed by atoms with van der Waals surface area (Å²) in [5.74, 6) is -0.250. The third-order valence-corrected chi connectivity index (χ3v) is 2.28. The second kappa shape index (κ2) is 6.89. The highest BCUT2D eigenvalue weighted by Crippen LogP contribution is 2.04. The number of nitrogens with one attached hydrogen (secondary N) is 1. The van der Waals surface area contributed by atoms with Crippen molar-refractivity contribution >= 4 is 5.97 Å². The van der Waals surface area contributed by atoms with Crippen molar-refractivity contribution in [3.8, 4) is 0 Å². The molecule has 0 fully saturated rings. The summed E-state index contributed by atoms with van der Waals surface area (Å²) in [6.07, 6.45) is 2.16. The first-order valence-electron chi connectivity index (χ1n) is 5.01. The minimum atomic E-state index is -0.699. The minimum absolute atomic E-state index is 0.281. The van der Waals surface area contributed by atoms with Gasteiger partial charge in [0.15, 0.2) is 0 Å². The van der Waals surface area contributed by atoms with E-state index in [-0.39, 0.29) is 6.42 Å². The molecule has 0 aromatic heterocycles. The Balaban J connectivity index is 3.39. The smallest absolute Gasteiger partial charge is 0.303 e. The second-order valence-electron chi connectivity index (χ2n) is 3.76. The maximum atomic E-state index is 10.3. The molecule has 78 valence electrons. The molecule has 0 spiro atoms. The number of carbonyl (C=O) groups is 1. The summed E-state index contributed by atoms with van der Waals surface area (Å²) in [6, 6.07) is 0.535. The van der Waals surface area contributed by atoms with Crippen LogP contribution in [0.3, 0.4) is 0 Å². The quantitative estimate of drug-likeness (QED) is 0.639. The van der Waals surface area contributed by atoms with Gasteiger partial charge < -0.3 is 10.4 Å². The summed E-state index contributed by atoms with van der Waals surface area (Å²) < 4.78 is 0. The topological polar surface area (TPSA) is 49.3 Å². The van der Waals surface area contributed by atoms with E-state index in [9.17, 15) is 4.79 Å². The molecule has 2 N–H and O–H groups in total. The zero-order chi connectivity index (χ0) is 10.3. The molecule has 0 aliphatic rings. The van der Waals surface area contributed by atoms with Gasteiger partial charge in [0.05, 0.1) is 0 Å². The summed E-state index contributed by atoms with van der Waals surface area (Å²) in [5, 5.41) is 11.8. The third-order valence-electron chi connectivity index (χ3n) is 2.28. The predicted octanol–water partition coefficient (Wildman–Crippen LogP) is 1.88. The Bertz CT molecular complexity index is 148. The third kappa shape index (κ3) is 7.78. The van der Waals surface area contributed by atoms with Crippen molar-refractivity contribution in [2.45, 2.75) is 46.1 Å². The number of aliphatic carboxylic acids is 1. The SMILES string of the molecule is CCC(C)NCC(C)CCC(=O)O. The normalized spacial score (nSPS) is 15.3. The van der Waals surface area contributed by atoms with E-state index in [0.717, 1.165) is 19.4 Å². The van der Waals surface area contributed by atoms with Crippen molar-refractivity contribution < 1.29 is 9.90 Å². The van der Waals surface area contributed by atoms with E-state index in [1.54, 1.807) is 0 Å². The molecular weight excluding hydrogens is 166 g/mol. The summed E-state index contributed by atoms with van der Waals surface area (Å²) in [5.41, 5.74) is 0. The van der Waals surface area contributed by atoms with Crippen LogP contribution in [0.1, 0.15) is 40.0 Å². The van der Waals surface area contributed by atoms with E-state index >= 15 is 0 Å². The molecule has 3 nitrogen and oxygen atoms in total. The molecule has 0 heterocycles.